The van der Waals surface area contributed by atoms with Crippen molar-refractivity contribution in [3.63, 3.8) is 0 Å². The molecule has 0 aliphatic heterocycles. The van der Waals surface area contributed by atoms with Crippen molar-refractivity contribution in [3.8, 4) is 5.75 Å². The third kappa shape index (κ3) is 3.86. The zero-order chi connectivity index (χ0) is 12.8. The Morgan fingerprint density at radius 1 is 1.47 bits per heavy atom. The van der Waals surface area contributed by atoms with Crippen LogP contribution in [0.3, 0.4) is 0 Å². The number of nitrogens with one attached hydrogen (secondary N) is 1. The maximum absolute atomic E-state index is 11.2. The van der Waals surface area contributed by atoms with Gasteiger partial charge in [-0.2, -0.15) is 0 Å². The summed E-state index contributed by atoms with van der Waals surface area (Å²) in [6.45, 7) is 6.28. The number of ketones is 1. The van der Waals surface area contributed by atoms with Crippen LogP contribution >= 0.6 is 0 Å². The molecule has 0 aliphatic rings. The molecule has 0 bridgehead atoms. The van der Waals surface area contributed by atoms with Crippen molar-refractivity contribution in [2.24, 2.45) is 0 Å². The molecule has 0 radical (unpaired) electrons. The van der Waals surface area contributed by atoms with Gasteiger partial charge in [-0.15, -0.1) is 0 Å². The van der Waals surface area contributed by atoms with Crippen LogP contribution in [-0.2, 0) is 4.79 Å². The number of ether oxygens (including phenoxy) is 1. The summed E-state index contributed by atoms with van der Waals surface area (Å²) in [5.41, 5.74) is 2.23. The zero-order valence-corrected chi connectivity index (χ0v) is 11.0. The SMILES string of the molecule is CCOc1ccc(C(CC(C)=O)NC)cc1C. The molecule has 3 heteroatoms. The number of aryl methyl sites for hydroxylation is 1. The fraction of sp³-hybridized carbons (Fsp3) is 0.500. The topological polar surface area (TPSA) is 38.3 Å². The molecule has 0 amide bonds. The summed E-state index contributed by atoms with van der Waals surface area (Å²) in [6.07, 6.45) is 0.518. The van der Waals surface area contributed by atoms with E-state index in [1.165, 1.54) is 0 Å². The van der Waals surface area contributed by atoms with Crippen LogP contribution in [0.4, 0.5) is 0 Å². The lowest BCUT2D eigenvalue weighted by Crippen LogP contribution is -2.19. The molecular weight excluding hydrogens is 214 g/mol. The number of hydrogen-bond donors (Lipinski definition) is 1. The first-order valence-electron chi connectivity index (χ1n) is 5.98. The van der Waals surface area contributed by atoms with Crippen LogP contribution in [0.5, 0.6) is 5.75 Å². The Kier molecular flexibility index (Phi) is 5.16. The number of hydrogen-bond acceptors (Lipinski definition) is 3. The van der Waals surface area contributed by atoms with Gasteiger partial charge in [0, 0.05) is 12.5 Å². The second kappa shape index (κ2) is 6.40. The van der Waals surface area contributed by atoms with Gasteiger partial charge in [-0.3, -0.25) is 4.79 Å². The Bertz CT molecular complexity index is 388. The van der Waals surface area contributed by atoms with E-state index in [0.29, 0.717) is 13.0 Å². The number of carbonyl (C=O) groups is 1. The summed E-state index contributed by atoms with van der Waals surface area (Å²) in [4.78, 5) is 11.2. The standard InChI is InChI=1S/C14H21NO2/c1-5-17-14-7-6-12(8-10(14)2)13(15-4)9-11(3)16/h6-8,13,15H,5,9H2,1-4H3. The predicted molar refractivity (Wildman–Crippen MR) is 69.4 cm³/mol. The lowest BCUT2D eigenvalue weighted by atomic mass is 10.00. The first-order chi connectivity index (χ1) is 8.08. The Morgan fingerprint density at radius 3 is 2.65 bits per heavy atom. The third-order valence-corrected chi connectivity index (χ3v) is 2.74. The average Bonchev–Trinajstić information content (AvgIpc) is 2.28. The highest BCUT2D eigenvalue weighted by Gasteiger charge is 2.12. The van der Waals surface area contributed by atoms with E-state index in [1.807, 2.05) is 33.0 Å². The van der Waals surface area contributed by atoms with Crippen molar-refractivity contribution in [2.45, 2.75) is 33.2 Å². The quantitative estimate of drug-likeness (QED) is 0.823. The lowest BCUT2D eigenvalue weighted by Gasteiger charge is -2.17. The average molecular weight is 235 g/mol. The fourth-order valence-electron chi connectivity index (χ4n) is 1.88. The van der Waals surface area contributed by atoms with E-state index in [4.69, 9.17) is 4.74 Å². The molecule has 1 aromatic rings. The minimum Gasteiger partial charge on any atom is -0.494 e. The van der Waals surface area contributed by atoms with Gasteiger partial charge in [0.15, 0.2) is 0 Å². The van der Waals surface area contributed by atoms with Crippen LogP contribution in [0.25, 0.3) is 0 Å². The molecule has 94 valence electrons. The zero-order valence-electron chi connectivity index (χ0n) is 11.0. The van der Waals surface area contributed by atoms with Gasteiger partial charge >= 0.3 is 0 Å². The first-order valence-corrected chi connectivity index (χ1v) is 5.98. The highest BCUT2D eigenvalue weighted by molar-refractivity contribution is 5.76. The fourth-order valence-corrected chi connectivity index (χ4v) is 1.88. The number of Topliss-reactive ketones (excluding diaryl/α,β-unsaturated/α-hetero) is 1. The van der Waals surface area contributed by atoms with Crippen molar-refractivity contribution in [3.05, 3.63) is 29.3 Å². The van der Waals surface area contributed by atoms with E-state index in [0.717, 1.165) is 16.9 Å². The van der Waals surface area contributed by atoms with Gasteiger partial charge in [0.1, 0.15) is 11.5 Å². The number of rotatable bonds is 6. The Balaban J connectivity index is 2.90. The second-order valence-electron chi connectivity index (χ2n) is 4.21. The molecule has 1 N–H and O–H groups in total. The van der Waals surface area contributed by atoms with Gasteiger partial charge in [0.05, 0.1) is 6.61 Å². The van der Waals surface area contributed by atoms with Crippen molar-refractivity contribution in [2.75, 3.05) is 13.7 Å². The van der Waals surface area contributed by atoms with Crippen LogP contribution in [0.2, 0.25) is 0 Å². The molecule has 0 aromatic heterocycles. The molecule has 1 rings (SSSR count). The van der Waals surface area contributed by atoms with E-state index >= 15 is 0 Å². The summed E-state index contributed by atoms with van der Waals surface area (Å²) >= 11 is 0. The maximum Gasteiger partial charge on any atom is 0.131 e. The van der Waals surface area contributed by atoms with E-state index < -0.39 is 0 Å². The highest BCUT2D eigenvalue weighted by Crippen LogP contribution is 2.24. The van der Waals surface area contributed by atoms with Crippen molar-refractivity contribution < 1.29 is 9.53 Å². The van der Waals surface area contributed by atoms with Crippen LogP contribution in [-0.4, -0.2) is 19.4 Å². The first kappa shape index (κ1) is 13.7. The van der Waals surface area contributed by atoms with Crippen molar-refractivity contribution >= 4 is 5.78 Å². The monoisotopic (exact) mass is 235 g/mol. The predicted octanol–water partition coefficient (Wildman–Crippen LogP) is 2.63. The minimum absolute atomic E-state index is 0.0851. The summed E-state index contributed by atoms with van der Waals surface area (Å²) in [7, 11) is 1.87. The van der Waals surface area contributed by atoms with E-state index in [1.54, 1.807) is 6.92 Å². The Labute approximate surface area is 103 Å². The van der Waals surface area contributed by atoms with Crippen LogP contribution in [0.1, 0.15) is 37.4 Å². The van der Waals surface area contributed by atoms with Gasteiger partial charge in [-0.05, 0) is 45.0 Å². The molecule has 3 nitrogen and oxygen atoms in total. The van der Waals surface area contributed by atoms with Crippen LogP contribution < -0.4 is 10.1 Å². The van der Waals surface area contributed by atoms with Crippen LogP contribution in [0, 0.1) is 6.92 Å². The molecule has 1 aromatic carbocycles. The molecule has 0 fully saturated rings. The molecule has 1 unspecified atom stereocenters. The molecule has 1 atom stereocenters. The molecule has 0 aliphatic carbocycles. The molecule has 0 saturated heterocycles. The highest BCUT2D eigenvalue weighted by atomic mass is 16.5. The Morgan fingerprint density at radius 2 is 2.18 bits per heavy atom. The minimum atomic E-state index is 0.0851. The summed E-state index contributed by atoms with van der Waals surface area (Å²) in [6, 6.07) is 6.15. The normalized spacial score (nSPS) is 12.2. The molecule has 17 heavy (non-hydrogen) atoms. The Hall–Kier alpha value is -1.35. The van der Waals surface area contributed by atoms with Gasteiger partial charge in [-0.1, -0.05) is 12.1 Å². The summed E-state index contributed by atoms with van der Waals surface area (Å²) in [5.74, 6) is 1.10. The number of benzene rings is 1. The third-order valence-electron chi connectivity index (χ3n) is 2.74. The van der Waals surface area contributed by atoms with Gasteiger partial charge in [0.25, 0.3) is 0 Å². The smallest absolute Gasteiger partial charge is 0.131 e. The van der Waals surface area contributed by atoms with Crippen molar-refractivity contribution in [1.82, 2.24) is 5.32 Å². The van der Waals surface area contributed by atoms with Crippen molar-refractivity contribution in [1.29, 1.82) is 0 Å². The van der Waals surface area contributed by atoms with Gasteiger partial charge < -0.3 is 10.1 Å². The summed E-state index contributed by atoms with van der Waals surface area (Å²) in [5, 5.41) is 3.17. The lowest BCUT2D eigenvalue weighted by molar-refractivity contribution is -0.117. The van der Waals surface area contributed by atoms with E-state index in [2.05, 4.69) is 11.4 Å². The molecule has 0 spiro atoms. The largest absolute Gasteiger partial charge is 0.494 e. The summed E-state index contributed by atoms with van der Waals surface area (Å²) < 4.78 is 5.50. The molecule has 0 heterocycles. The second-order valence-corrected chi connectivity index (χ2v) is 4.21. The maximum atomic E-state index is 11.2. The van der Waals surface area contributed by atoms with Crippen LogP contribution in [0.15, 0.2) is 18.2 Å². The van der Waals surface area contributed by atoms with E-state index in [-0.39, 0.29) is 11.8 Å². The molecular formula is C14H21NO2. The number of carbonyl (C=O) groups excluding carboxylic acids is 1. The van der Waals surface area contributed by atoms with Gasteiger partial charge in [0.2, 0.25) is 0 Å². The molecule has 0 saturated carbocycles. The van der Waals surface area contributed by atoms with Gasteiger partial charge in [-0.25, -0.2) is 0 Å². The van der Waals surface area contributed by atoms with E-state index in [9.17, 15) is 4.79 Å².